The van der Waals surface area contributed by atoms with Crippen molar-refractivity contribution in [2.75, 3.05) is 6.61 Å². The summed E-state index contributed by atoms with van der Waals surface area (Å²) in [4.78, 5) is 16.5. The van der Waals surface area contributed by atoms with Gasteiger partial charge in [0.15, 0.2) is 5.60 Å². The van der Waals surface area contributed by atoms with E-state index in [1.165, 1.54) is 26.8 Å². The molecule has 0 saturated carbocycles. The van der Waals surface area contributed by atoms with Crippen molar-refractivity contribution < 1.29 is 31.5 Å². The second-order valence-corrected chi connectivity index (χ2v) is 8.22. The Bertz CT molecular complexity index is 1040. The molecule has 0 radical (unpaired) electrons. The lowest BCUT2D eigenvalue weighted by Gasteiger charge is -2.43. The van der Waals surface area contributed by atoms with Crippen molar-refractivity contribution in [1.29, 1.82) is 0 Å². The fourth-order valence-electron chi connectivity index (χ4n) is 3.35. The Hall–Kier alpha value is -3.08. The number of nitrogens with two attached hydrogens (primary N) is 1. The summed E-state index contributed by atoms with van der Waals surface area (Å²) in [5.74, 6) is -2.02. The third kappa shape index (κ3) is 5.88. The number of hydrogen-bond acceptors (Lipinski definition) is 4. The third-order valence-corrected chi connectivity index (χ3v) is 5.35. The van der Waals surface area contributed by atoms with Crippen molar-refractivity contribution in [1.82, 2.24) is 5.43 Å². The molecular formula is C23H27F5N4O2. The quantitative estimate of drug-likeness (QED) is 0.182. The summed E-state index contributed by atoms with van der Waals surface area (Å²) in [5, 5.41) is 4.10. The molecule has 3 atom stereocenters. The number of amides is 1. The zero-order valence-electron chi connectivity index (χ0n) is 19.3. The van der Waals surface area contributed by atoms with Gasteiger partial charge in [-0.2, -0.15) is 23.3 Å². The number of hydrazone groups is 1. The Morgan fingerprint density at radius 3 is 2.50 bits per heavy atom. The van der Waals surface area contributed by atoms with Crippen LogP contribution in [0.5, 0.6) is 0 Å². The zero-order valence-corrected chi connectivity index (χ0v) is 19.3. The molecule has 1 fully saturated rings. The van der Waals surface area contributed by atoms with E-state index in [2.05, 4.69) is 22.1 Å². The van der Waals surface area contributed by atoms with Gasteiger partial charge in [-0.1, -0.05) is 24.8 Å². The summed E-state index contributed by atoms with van der Waals surface area (Å²) in [6, 6.07) is 1.26. The second kappa shape index (κ2) is 10.0. The average molecular weight is 486 g/mol. The summed E-state index contributed by atoms with van der Waals surface area (Å²) >= 11 is 0. The molecule has 0 spiro atoms. The predicted octanol–water partition coefficient (Wildman–Crippen LogP) is 4.77. The van der Waals surface area contributed by atoms with Gasteiger partial charge in [-0.15, -0.1) is 0 Å². The molecular weight excluding hydrogens is 459 g/mol. The number of halogens is 5. The molecule has 3 unspecified atom stereocenters. The van der Waals surface area contributed by atoms with Crippen LogP contribution in [0.4, 0.5) is 22.0 Å². The number of benzene rings is 1. The monoisotopic (exact) mass is 486 g/mol. The Balaban J connectivity index is 2.35. The highest BCUT2D eigenvalue weighted by Gasteiger charge is 2.56. The Morgan fingerprint density at radius 2 is 2.03 bits per heavy atom. The van der Waals surface area contributed by atoms with Crippen LogP contribution >= 0.6 is 0 Å². The van der Waals surface area contributed by atoms with Crippen molar-refractivity contribution in [3.8, 4) is 0 Å². The number of nitrogens with one attached hydrogen (secondary N) is 1. The minimum absolute atomic E-state index is 0.0692. The number of nitrogens with zero attached hydrogens (tertiary/aromatic N) is 2. The molecule has 1 aliphatic rings. The van der Waals surface area contributed by atoms with Crippen LogP contribution in [0.15, 0.2) is 52.6 Å². The maximum Gasteiger partial charge on any atom is 0.416 e. The number of ether oxygens (including phenoxy) is 1. The maximum atomic E-state index is 15.4. The molecule has 2 rings (SSSR count). The first-order valence-corrected chi connectivity index (χ1v) is 10.3. The molecule has 1 aliphatic heterocycles. The molecule has 1 amide bonds. The first kappa shape index (κ1) is 27.2. The third-order valence-electron chi connectivity index (χ3n) is 5.35. The molecule has 1 aromatic carbocycles. The fraction of sp³-hybridized carbons (Fsp3) is 0.435. The summed E-state index contributed by atoms with van der Waals surface area (Å²) in [6.45, 7) is 9.30. The summed E-state index contributed by atoms with van der Waals surface area (Å²) in [7, 11) is 0. The van der Waals surface area contributed by atoms with Crippen LogP contribution in [-0.2, 0) is 15.7 Å². The molecule has 34 heavy (non-hydrogen) atoms. The van der Waals surface area contributed by atoms with Crippen LogP contribution in [0.2, 0.25) is 0 Å². The van der Waals surface area contributed by atoms with Crippen LogP contribution < -0.4 is 11.2 Å². The van der Waals surface area contributed by atoms with E-state index in [-0.39, 0.29) is 29.3 Å². The summed E-state index contributed by atoms with van der Waals surface area (Å²) in [5.41, 5.74) is 3.14. The van der Waals surface area contributed by atoms with Gasteiger partial charge in [-0.25, -0.2) is 8.78 Å². The molecule has 0 aromatic heterocycles. The van der Waals surface area contributed by atoms with Crippen LogP contribution in [-0.4, -0.2) is 35.3 Å². The molecule has 1 aromatic rings. The molecule has 1 heterocycles. The van der Waals surface area contributed by atoms with Crippen molar-refractivity contribution in [2.45, 2.75) is 57.6 Å². The SMILES string of the molecule is C=C(/C=C\C)C(C)(F)CC1(C(=O)N=C(C)N)OC/C1=N/NC(C)c1ccc(C(F)(F)F)cc1F. The second-order valence-electron chi connectivity index (χ2n) is 8.22. The van der Waals surface area contributed by atoms with Gasteiger partial charge >= 0.3 is 6.18 Å². The number of allylic oxidation sites excluding steroid dienone is 3. The molecule has 186 valence electrons. The van der Waals surface area contributed by atoms with Gasteiger partial charge in [0.05, 0.1) is 24.0 Å². The largest absolute Gasteiger partial charge is 0.416 e. The van der Waals surface area contributed by atoms with Gasteiger partial charge in [0.1, 0.15) is 17.2 Å². The molecule has 6 nitrogen and oxygen atoms in total. The standard InChI is InChI=1S/C23H27F5N4O2/c1-6-7-13(2)21(5,25)12-22(20(33)30-15(4)29)19(11-34-22)32-31-14(3)17-9-8-16(10-18(17)24)23(26,27)28/h6-10,14,31H,2,11-12H2,1,3-5H3,(H2,29,30,33)/b7-6-,32-19-. The lowest BCUT2D eigenvalue weighted by atomic mass is 9.78. The Kier molecular flexibility index (Phi) is 8.02. The van der Waals surface area contributed by atoms with E-state index in [1.54, 1.807) is 13.0 Å². The number of carbonyl (C=O) groups excluding carboxylic acids is 1. The molecule has 11 heteroatoms. The topological polar surface area (TPSA) is 89.1 Å². The van der Waals surface area contributed by atoms with Gasteiger partial charge in [0, 0.05) is 12.0 Å². The van der Waals surface area contributed by atoms with Crippen molar-refractivity contribution in [3.05, 3.63) is 59.4 Å². The fourth-order valence-corrected chi connectivity index (χ4v) is 3.35. The van der Waals surface area contributed by atoms with Gasteiger partial charge < -0.3 is 15.9 Å². The van der Waals surface area contributed by atoms with Gasteiger partial charge in [0.25, 0.3) is 5.91 Å². The zero-order chi connectivity index (χ0) is 25.9. The average Bonchev–Trinajstić information content (AvgIpc) is 2.69. The number of hydrogen-bond donors (Lipinski definition) is 2. The van der Waals surface area contributed by atoms with Crippen LogP contribution in [0.1, 0.15) is 51.3 Å². The highest BCUT2D eigenvalue weighted by molar-refractivity contribution is 6.18. The smallest absolute Gasteiger partial charge is 0.387 e. The van der Waals surface area contributed by atoms with E-state index in [0.29, 0.717) is 6.07 Å². The van der Waals surface area contributed by atoms with Crippen molar-refractivity contribution >= 4 is 17.5 Å². The summed E-state index contributed by atoms with van der Waals surface area (Å²) in [6.07, 6.45) is -2.13. The minimum atomic E-state index is -4.68. The first-order chi connectivity index (χ1) is 15.6. The molecule has 1 saturated heterocycles. The Morgan fingerprint density at radius 1 is 1.38 bits per heavy atom. The van der Waals surface area contributed by atoms with Gasteiger partial charge in [-0.3, -0.25) is 4.79 Å². The normalized spacial score (nSPS) is 22.9. The van der Waals surface area contributed by atoms with Crippen molar-refractivity contribution in [2.24, 2.45) is 15.8 Å². The van der Waals surface area contributed by atoms with E-state index in [4.69, 9.17) is 10.5 Å². The number of amidine groups is 1. The van der Waals surface area contributed by atoms with Crippen LogP contribution in [0, 0.1) is 5.82 Å². The lowest BCUT2D eigenvalue weighted by Crippen LogP contribution is -2.63. The van der Waals surface area contributed by atoms with E-state index < -0.39 is 47.2 Å². The van der Waals surface area contributed by atoms with Gasteiger partial charge in [0.2, 0.25) is 0 Å². The lowest BCUT2D eigenvalue weighted by molar-refractivity contribution is -0.144. The number of carbonyl (C=O) groups is 1. The minimum Gasteiger partial charge on any atom is -0.387 e. The predicted molar refractivity (Wildman–Crippen MR) is 119 cm³/mol. The van der Waals surface area contributed by atoms with E-state index in [1.807, 2.05) is 0 Å². The highest BCUT2D eigenvalue weighted by Crippen LogP contribution is 2.39. The first-order valence-electron chi connectivity index (χ1n) is 10.3. The van der Waals surface area contributed by atoms with Gasteiger partial charge in [-0.05, 0) is 45.4 Å². The molecule has 0 bridgehead atoms. The molecule has 0 aliphatic carbocycles. The van der Waals surface area contributed by atoms with E-state index in [9.17, 15) is 22.4 Å². The van der Waals surface area contributed by atoms with E-state index in [0.717, 1.165) is 12.1 Å². The highest BCUT2D eigenvalue weighted by atomic mass is 19.4. The Labute approximate surface area is 194 Å². The van der Waals surface area contributed by atoms with Crippen molar-refractivity contribution in [3.63, 3.8) is 0 Å². The number of rotatable bonds is 8. The van der Waals surface area contributed by atoms with Crippen LogP contribution in [0.25, 0.3) is 0 Å². The maximum absolute atomic E-state index is 15.4. The summed E-state index contributed by atoms with van der Waals surface area (Å²) < 4.78 is 73.6. The molecule has 3 N–H and O–H groups in total. The van der Waals surface area contributed by atoms with E-state index >= 15 is 4.39 Å². The number of alkyl halides is 4. The van der Waals surface area contributed by atoms with Crippen LogP contribution in [0.3, 0.4) is 0 Å². The number of aliphatic imine (C=N–C) groups is 1.